The van der Waals surface area contributed by atoms with Gasteiger partial charge in [-0.2, -0.15) is 0 Å². The second-order valence-electron chi connectivity index (χ2n) is 7.30. The van der Waals surface area contributed by atoms with Crippen LogP contribution in [0.4, 0.5) is 0 Å². The molecule has 0 saturated carbocycles. The molecule has 0 aliphatic carbocycles. The molecule has 1 rings (SSSR count). The number of rotatable bonds is 6. The summed E-state index contributed by atoms with van der Waals surface area (Å²) in [6.45, 7) is 15.1. The third-order valence-electron chi connectivity index (χ3n) is 4.73. The molecule has 2 nitrogen and oxygen atoms in total. The maximum atomic E-state index is 6.21. The lowest BCUT2D eigenvalue weighted by Crippen LogP contribution is -2.40. The quantitative estimate of drug-likeness (QED) is 0.578. The van der Waals surface area contributed by atoms with Crippen LogP contribution < -0.4 is 5.32 Å². The first-order chi connectivity index (χ1) is 8.33. The van der Waals surface area contributed by atoms with Crippen molar-refractivity contribution >= 4 is 8.32 Å². The molecule has 3 heteroatoms. The minimum atomic E-state index is -1.50. The van der Waals surface area contributed by atoms with Crippen molar-refractivity contribution in [2.45, 2.75) is 71.0 Å². The van der Waals surface area contributed by atoms with Gasteiger partial charge in [0, 0.05) is 6.61 Å². The van der Waals surface area contributed by atoms with E-state index in [1.54, 1.807) is 0 Å². The fourth-order valence-corrected chi connectivity index (χ4v) is 3.34. The molecule has 1 saturated heterocycles. The van der Waals surface area contributed by atoms with Crippen molar-refractivity contribution < 1.29 is 4.43 Å². The van der Waals surface area contributed by atoms with Gasteiger partial charge in [0.25, 0.3) is 0 Å². The minimum Gasteiger partial charge on any atom is -0.417 e. The summed E-state index contributed by atoms with van der Waals surface area (Å²) >= 11 is 0. The molecule has 0 radical (unpaired) electrons. The summed E-state index contributed by atoms with van der Waals surface area (Å²) in [4.78, 5) is 0. The highest BCUT2D eigenvalue weighted by atomic mass is 28.4. The van der Waals surface area contributed by atoms with E-state index in [4.69, 9.17) is 4.43 Å². The lowest BCUT2D eigenvalue weighted by atomic mass is 9.93. The zero-order chi connectivity index (χ0) is 13.6. The van der Waals surface area contributed by atoms with E-state index in [1.807, 2.05) is 0 Å². The molecule has 0 amide bonds. The molecule has 0 aromatic heterocycles. The third-order valence-corrected chi connectivity index (χ3v) is 9.27. The van der Waals surface area contributed by atoms with Crippen molar-refractivity contribution in [2.75, 3.05) is 19.7 Å². The van der Waals surface area contributed by atoms with Crippen molar-refractivity contribution in [1.29, 1.82) is 0 Å². The molecule has 0 bridgehead atoms. The van der Waals surface area contributed by atoms with Gasteiger partial charge in [-0.3, -0.25) is 0 Å². The normalized spacial score (nSPS) is 19.2. The summed E-state index contributed by atoms with van der Waals surface area (Å²) in [6, 6.07) is 0. The van der Waals surface area contributed by atoms with Gasteiger partial charge in [0.1, 0.15) is 0 Å². The van der Waals surface area contributed by atoms with Gasteiger partial charge >= 0.3 is 0 Å². The van der Waals surface area contributed by atoms with Crippen molar-refractivity contribution in [3.63, 3.8) is 0 Å². The second-order valence-corrected chi connectivity index (χ2v) is 12.1. The maximum Gasteiger partial charge on any atom is 0.191 e. The monoisotopic (exact) mass is 271 g/mol. The van der Waals surface area contributed by atoms with Crippen molar-refractivity contribution in [3.05, 3.63) is 0 Å². The van der Waals surface area contributed by atoms with Crippen LogP contribution in [-0.4, -0.2) is 28.0 Å². The fourth-order valence-electron chi connectivity index (χ4n) is 2.25. The molecule has 0 unspecified atom stereocenters. The number of piperidine rings is 1. The van der Waals surface area contributed by atoms with Crippen LogP contribution in [0, 0.1) is 5.92 Å². The smallest absolute Gasteiger partial charge is 0.191 e. The number of nitrogens with one attached hydrogen (secondary N) is 1. The lowest BCUT2D eigenvalue weighted by Gasteiger charge is -2.36. The Hall–Kier alpha value is 0.137. The fraction of sp³-hybridized carbons (Fsp3) is 1.00. The third kappa shape index (κ3) is 5.41. The highest BCUT2D eigenvalue weighted by Crippen LogP contribution is 2.36. The van der Waals surface area contributed by atoms with Crippen LogP contribution in [-0.2, 0) is 4.43 Å². The minimum absolute atomic E-state index is 0.349. The van der Waals surface area contributed by atoms with Crippen molar-refractivity contribution in [1.82, 2.24) is 5.32 Å². The molecule has 0 aromatic carbocycles. The second kappa shape index (κ2) is 7.06. The summed E-state index contributed by atoms with van der Waals surface area (Å²) < 4.78 is 6.21. The molecular weight excluding hydrogens is 238 g/mol. The highest BCUT2D eigenvalue weighted by Gasteiger charge is 2.36. The summed E-state index contributed by atoms with van der Waals surface area (Å²) in [5.41, 5.74) is 0. The molecule has 0 spiro atoms. The maximum absolute atomic E-state index is 6.21. The molecule has 1 fully saturated rings. The summed E-state index contributed by atoms with van der Waals surface area (Å²) in [5, 5.41) is 3.78. The first-order valence-electron chi connectivity index (χ1n) is 7.67. The Balaban J connectivity index is 2.08. The predicted molar refractivity (Wildman–Crippen MR) is 82.6 cm³/mol. The predicted octanol–water partition coefficient (Wildman–Crippen LogP) is 4.18. The van der Waals surface area contributed by atoms with Gasteiger partial charge in [-0.1, -0.05) is 33.6 Å². The zero-order valence-electron chi connectivity index (χ0n) is 13.1. The Labute approximate surface area is 115 Å². The van der Waals surface area contributed by atoms with E-state index >= 15 is 0 Å². The molecule has 1 heterocycles. The zero-order valence-corrected chi connectivity index (χ0v) is 14.1. The molecule has 0 atom stereocenters. The summed E-state index contributed by atoms with van der Waals surface area (Å²) in [6.07, 6.45) is 6.75. The standard InChI is InChI=1S/C15H33NOSi/c1-15(2,3)18(4,5)17-13-7-6-8-14-9-11-16-12-10-14/h14,16H,6-13H2,1-5H3. The summed E-state index contributed by atoms with van der Waals surface area (Å²) in [5.74, 6) is 0.971. The van der Waals surface area contributed by atoms with Crippen LogP contribution >= 0.6 is 0 Å². The molecule has 1 aliphatic rings. The summed E-state index contributed by atoms with van der Waals surface area (Å²) in [7, 11) is -1.50. The average Bonchev–Trinajstić information content (AvgIpc) is 2.28. The van der Waals surface area contributed by atoms with E-state index in [9.17, 15) is 0 Å². The Morgan fingerprint density at radius 2 is 1.72 bits per heavy atom. The van der Waals surface area contributed by atoms with E-state index in [0.717, 1.165) is 12.5 Å². The van der Waals surface area contributed by atoms with Crippen molar-refractivity contribution in [3.8, 4) is 0 Å². The Kier molecular flexibility index (Phi) is 6.35. The average molecular weight is 272 g/mol. The Morgan fingerprint density at radius 3 is 2.28 bits per heavy atom. The van der Waals surface area contributed by atoms with E-state index in [0.29, 0.717) is 5.04 Å². The van der Waals surface area contributed by atoms with Gasteiger partial charge in [0.15, 0.2) is 8.32 Å². The lowest BCUT2D eigenvalue weighted by molar-refractivity contribution is 0.267. The van der Waals surface area contributed by atoms with Gasteiger partial charge < -0.3 is 9.74 Å². The van der Waals surface area contributed by atoms with Gasteiger partial charge in [-0.25, -0.2) is 0 Å². The number of hydrogen-bond donors (Lipinski definition) is 1. The molecule has 108 valence electrons. The number of hydrogen-bond acceptors (Lipinski definition) is 2. The SMILES string of the molecule is CC(C)(C)[Si](C)(C)OCCCCC1CCNCC1. The van der Waals surface area contributed by atoms with Crippen LogP contribution in [0.15, 0.2) is 0 Å². The van der Waals surface area contributed by atoms with Crippen LogP contribution in [0.5, 0.6) is 0 Å². The first-order valence-corrected chi connectivity index (χ1v) is 10.6. The van der Waals surface area contributed by atoms with Gasteiger partial charge in [-0.15, -0.1) is 0 Å². The Bertz CT molecular complexity index is 229. The number of unbranched alkanes of at least 4 members (excludes halogenated alkanes) is 1. The topological polar surface area (TPSA) is 21.3 Å². The van der Waals surface area contributed by atoms with E-state index in [-0.39, 0.29) is 0 Å². The van der Waals surface area contributed by atoms with Gasteiger partial charge in [0.05, 0.1) is 0 Å². The molecule has 0 aromatic rings. The Morgan fingerprint density at radius 1 is 1.11 bits per heavy atom. The molecular formula is C15H33NOSi. The van der Waals surface area contributed by atoms with Crippen LogP contribution in [0.2, 0.25) is 18.1 Å². The molecule has 1 aliphatic heterocycles. The first kappa shape index (κ1) is 16.2. The molecule has 1 N–H and O–H groups in total. The molecule has 18 heavy (non-hydrogen) atoms. The van der Waals surface area contributed by atoms with E-state index < -0.39 is 8.32 Å². The van der Waals surface area contributed by atoms with Crippen LogP contribution in [0.3, 0.4) is 0 Å². The van der Waals surface area contributed by atoms with Crippen LogP contribution in [0.25, 0.3) is 0 Å². The largest absolute Gasteiger partial charge is 0.417 e. The highest BCUT2D eigenvalue weighted by molar-refractivity contribution is 6.74. The van der Waals surface area contributed by atoms with E-state index in [2.05, 4.69) is 39.2 Å². The van der Waals surface area contributed by atoms with E-state index in [1.165, 1.54) is 45.2 Å². The van der Waals surface area contributed by atoms with Gasteiger partial charge in [-0.05, 0) is 56.4 Å². The van der Waals surface area contributed by atoms with Crippen molar-refractivity contribution in [2.24, 2.45) is 5.92 Å². The van der Waals surface area contributed by atoms with Crippen LogP contribution in [0.1, 0.15) is 52.9 Å². The van der Waals surface area contributed by atoms with Gasteiger partial charge in [0.2, 0.25) is 0 Å².